The molecule has 118 valence electrons. The van der Waals surface area contributed by atoms with Crippen molar-refractivity contribution in [3.8, 4) is 0 Å². The molecule has 1 aliphatic rings. The smallest absolute Gasteiger partial charge is 0.254 e. The van der Waals surface area contributed by atoms with Crippen LogP contribution in [0.25, 0.3) is 0 Å². The minimum Gasteiger partial charge on any atom is -0.349 e. The Morgan fingerprint density at radius 2 is 1.95 bits per heavy atom. The number of aryl methyl sites for hydroxylation is 1. The quantitative estimate of drug-likeness (QED) is 0.900. The lowest BCUT2D eigenvalue weighted by atomic mass is 9.84. The normalized spacial score (nSPS) is 21.5. The van der Waals surface area contributed by atoms with E-state index in [9.17, 15) is 13.6 Å². The Morgan fingerprint density at radius 1 is 1.29 bits per heavy atom. The van der Waals surface area contributed by atoms with Gasteiger partial charge in [-0.25, -0.2) is 8.78 Å². The van der Waals surface area contributed by atoms with Gasteiger partial charge in [-0.2, -0.15) is 0 Å². The van der Waals surface area contributed by atoms with Crippen LogP contribution in [-0.2, 0) is 0 Å². The monoisotopic (exact) mass is 318 g/mol. The average molecular weight is 319 g/mol. The van der Waals surface area contributed by atoms with Gasteiger partial charge in [-0.15, -0.1) is 12.4 Å². The highest BCUT2D eigenvalue weighted by molar-refractivity contribution is 5.94. The molecule has 1 amide bonds. The Morgan fingerprint density at radius 3 is 2.62 bits per heavy atom. The summed E-state index contributed by atoms with van der Waals surface area (Å²) < 4.78 is 26.9. The second-order valence-corrected chi connectivity index (χ2v) is 5.44. The van der Waals surface area contributed by atoms with E-state index in [-0.39, 0.29) is 35.5 Å². The Kier molecular flexibility index (Phi) is 6.55. The van der Waals surface area contributed by atoms with E-state index in [1.165, 1.54) is 13.0 Å². The van der Waals surface area contributed by atoms with Crippen molar-refractivity contribution >= 4 is 18.3 Å². The maximum Gasteiger partial charge on any atom is 0.254 e. The van der Waals surface area contributed by atoms with Crippen molar-refractivity contribution in [3.63, 3.8) is 0 Å². The summed E-state index contributed by atoms with van der Waals surface area (Å²) in [6, 6.07) is 1.98. The van der Waals surface area contributed by atoms with Crippen molar-refractivity contribution in [2.24, 2.45) is 11.7 Å². The third kappa shape index (κ3) is 4.14. The first-order valence-electron chi connectivity index (χ1n) is 6.99. The molecule has 0 saturated heterocycles. The van der Waals surface area contributed by atoms with Gasteiger partial charge < -0.3 is 11.1 Å². The number of carbonyl (C=O) groups excluding carboxylic acids is 1. The molecular weight excluding hydrogens is 298 g/mol. The standard InChI is InChI=1S/C15H20F2N2O.ClH/c1-9-6-11(13(17)7-12(9)16)15(20)19-14-5-3-2-4-10(14)8-18;/h6-7,10,14H,2-5,8,18H2,1H3,(H,19,20);1H. The first kappa shape index (κ1) is 17.9. The zero-order chi connectivity index (χ0) is 14.7. The van der Waals surface area contributed by atoms with Crippen LogP contribution in [0, 0.1) is 24.5 Å². The second-order valence-electron chi connectivity index (χ2n) is 5.44. The van der Waals surface area contributed by atoms with E-state index in [1.807, 2.05) is 0 Å². The maximum absolute atomic E-state index is 13.7. The molecule has 0 radical (unpaired) electrons. The molecule has 1 aliphatic carbocycles. The summed E-state index contributed by atoms with van der Waals surface area (Å²) >= 11 is 0. The second kappa shape index (κ2) is 7.71. The third-order valence-electron chi connectivity index (χ3n) is 4.02. The van der Waals surface area contributed by atoms with Crippen molar-refractivity contribution in [1.82, 2.24) is 5.32 Å². The maximum atomic E-state index is 13.7. The number of benzene rings is 1. The van der Waals surface area contributed by atoms with Gasteiger partial charge in [-0.3, -0.25) is 4.79 Å². The Bertz CT molecular complexity index is 511. The van der Waals surface area contributed by atoms with E-state index in [2.05, 4.69) is 5.32 Å². The van der Waals surface area contributed by atoms with Crippen molar-refractivity contribution in [3.05, 3.63) is 34.9 Å². The lowest BCUT2D eigenvalue weighted by Gasteiger charge is -2.31. The van der Waals surface area contributed by atoms with Gasteiger partial charge in [0.2, 0.25) is 0 Å². The number of amides is 1. The number of rotatable bonds is 3. The number of hydrogen-bond donors (Lipinski definition) is 2. The molecule has 21 heavy (non-hydrogen) atoms. The summed E-state index contributed by atoms with van der Waals surface area (Å²) in [5, 5.41) is 2.84. The molecule has 1 aromatic rings. The Labute approximate surface area is 129 Å². The molecule has 2 rings (SSSR count). The molecule has 6 heteroatoms. The SMILES string of the molecule is Cc1cc(C(=O)NC2CCCCC2CN)c(F)cc1F.Cl. The van der Waals surface area contributed by atoms with Gasteiger partial charge in [-0.1, -0.05) is 12.8 Å². The van der Waals surface area contributed by atoms with Crippen LogP contribution in [0.15, 0.2) is 12.1 Å². The van der Waals surface area contributed by atoms with Crippen LogP contribution < -0.4 is 11.1 Å². The summed E-state index contributed by atoms with van der Waals surface area (Å²) in [5.41, 5.74) is 5.86. The van der Waals surface area contributed by atoms with E-state index in [0.29, 0.717) is 6.54 Å². The number of nitrogens with two attached hydrogens (primary N) is 1. The Balaban J connectivity index is 0.00000220. The van der Waals surface area contributed by atoms with Gasteiger partial charge in [0.1, 0.15) is 11.6 Å². The minimum atomic E-state index is -0.828. The lowest BCUT2D eigenvalue weighted by Crippen LogP contribution is -2.45. The van der Waals surface area contributed by atoms with Crippen LogP contribution >= 0.6 is 12.4 Å². The topological polar surface area (TPSA) is 55.1 Å². The molecular formula is C15H21ClF2N2O. The van der Waals surface area contributed by atoms with Crippen LogP contribution in [-0.4, -0.2) is 18.5 Å². The summed E-state index contributed by atoms with van der Waals surface area (Å²) in [6.45, 7) is 2.02. The van der Waals surface area contributed by atoms with Crippen molar-refractivity contribution in [2.75, 3.05) is 6.54 Å². The predicted molar refractivity (Wildman–Crippen MR) is 80.6 cm³/mol. The zero-order valence-electron chi connectivity index (χ0n) is 12.0. The van der Waals surface area contributed by atoms with E-state index in [4.69, 9.17) is 5.73 Å². The largest absolute Gasteiger partial charge is 0.349 e. The number of hydrogen-bond acceptors (Lipinski definition) is 2. The molecule has 3 nitrogen and oxygen atoms in total. The first-order valence-corrected chi connectivity index (χ1v) is 6.99. The summed E-state index contributed by atoms with van der Waals surface area (Å²) in [4.78, 5) is 12.1. The van der Waals surface area contributed by atoms with Crippen molar-refractivity contribution in [2.45, 2.75) is 38.6 Å². The van der Waals surface area contributed by atoms with Crippen LogP contribution in [0.4, 0.5) is 8.78 Å². The first-order chi connectivity index (χ1) is 9.52. The van der Waals surface area contributed by atoms with E-state index >= 15 is 0 Å². The summed E-state index contributed by atoms with van der Waals surface area (Å²) in [5.74, 6) is -1.73. The molecule has 1 saturated carbocycles. The van der Waals surface area contributed by atoms with Crippen LogP contribution in [0.1, 0.15) is 41.6 Å². The fraction of sp³-hybridized carbons (Fsp3) is 0.533. The molecule has 0 aliphatic heterocycles. The highest BCUT2D eigenvalue weighted by Gasteiger charge is 2.26. The molecule has 0 heterocycles. The lowest BCUT2D eigenvalue weighted by molar-refractivity contribution is 0.0903. The summed E-state index contributed by atoms with van der Waals surface area (Å²) in [7, 11) is 0. The molecule has 0 spiro atoms. The molecule has 1 fully saturated rings. The molecule has 1 aromatic carbocycles. The fourth-order valence-electron chi connectivity index (χ4n) is 2.76. The third-order valence-corrected chi connectivity index (χ3v) is 4.02. The minimum absolute atomic E-state index is 0. The van der Waals surface area contributed by atoms with Crippen LogP contribution in [0.2, 0.25) is 0 Å². The van der Waals surface area contributed by atoms with Crippen LogP contribution in [0.3, 0.4) is 0 Å². The predicted octanol–water partition coefficient (Wildman–Crippen LogP) is 2.94. The van der Waals surface area contributed by atoms with Gasteiger partial charge in [0.25, 0.3) is 5.91 Å². The molecule has 3 N–H and O–H groups in total. The average Bonchev–Trinajstić information content (AvgIpc) is 2.43. The molecule has 0 aromatic heterocycles. The molecule has 2 atom stereocenters. The summed E-state index contributed by atoms with van der Waals surface area (Å²) in [6.07, 6.45) is 3.98. The molecule has 0 bridgehead atoms. The van der Waals surface area contributed by atoms with E-state index in [1.54, 1.807) is 0 Å². The van der Waals surface area contributed by atoms with Crippen molar-refractivity contribution in [1.29, 1.82) is 0 Å². The van der Waals surface area contributed by atoms with Gasteiger partial charge in [0.05, 0.1) is 5.56 Å². The van der Waals surface area contributed by atoms with E-state index in [0.717, 1.165) is 31.7 Å². The molecule has 2 unspecified atom stereocenters. The zero-order valence-corrected chi connectivity index (χ0v) is 12.8. The van der Waals surface area contributed by atoms with Gasteiger partial charge in [-0.05, 0) is 43.9 Å². The number of carbonyl (C=O) groups is 1. The fourth-order valence-corrected chi connectivity index (χ4v) is 2.76. The van der Waals surface area contributed by atoms with Crippen molar-refractivity contribution < 1.29 is 13.6 Å². The van der Waals surface area contributed by atoms with Gasteiger partial charge >= 0.3 is 0 Å². The highest BCUT2D eigenvalue weighted by Crippen LogP contribution is 2.24. The van der Waals surface area contributed by atoms with Gasteiger partial charge in [0, 0.05) is 12.1 Å². The number of nitrogens with one attached hydrogen (secondary N) is 1. The Hall–Kier alpha value is -1.20. The highest BCUT2D eigenvalue weighted by atomic mass is 35.5. The van der Waals surface area contributed by atoms with Crippen LogP contribution in [0.5, 0.6) is 0 Å². The van der Waals surface area contributed by atoms with E-state index < -0.39 is 17.5 Å². The number of halogens is 3. The van der Waals surface area contributed by atoms with Gasteiger partial charge in [0.15, 0.2) is 0 Å².